The van der Waals surface area contributed by atoms with E-state index >= 15 is 0 Å². The van der Waals surface area contributed by atoms with E-state index in [1.807, 2.05) is 0 Å². The molecule has 3 atom stereocenters. The van der Waals surface area contributed by atoms with Gasteiger partial charge in [0.05, 0.1) is 0 Å². The highest BCUT2D eigenvalue weighted by molar-refractivity contribution is 6.01. The van der Waals surface area contributed by atoms with Crippen molar-refractivity contribution in [2.45, 2.75) is 44.6 Å². The van der Waals surface area contributed by atoms with Crippen LogP contribution < -0.4 is 0 Å². The number of hydrogen-bond acceptors (Lipinski definition) is 4. The summed E-state index contributed by atoms with van der Waals surface area (Å²) in [5.41, 5.74) is 0. The molecule has 0 aromatic heterocycles. The molecule has 0 spiro atoms. The predicted octanol–water partition coefficient (Wildman–Crippen LogP) is 0.942. The van der Waals surface area contributed by atoms with Gasteiger partial charge in [-0.1, -0.05) is 6.42 Å². The number of imide groups is 1. The quantitative estimate of drug-likeness (QED) is 0.725. The maximum absolute atomic E-state index is 11.6. The summed E-state index contributed by atoms with van der Waals surface area (Å²) in [6.07, 6.45) is 6.66. The van der Waals surface area contributed by atoms with Gasteiger partial charge in [-0.05, 0) is 31.1 Å². The lowest BCUT2D eigenvalue weighted by atomic mass is 9.93. The first-order chi connectivity index (χ1) is 10.7. The van der Waals surface area contributed by atoms with E-state index in [0.717, 1.165) is 50.6 Å². The molecular weight excluding hydrogens is 278 g/mol. The first-order valence-corrected chi connectivity index (χ1v) is 9.00. The molecule has 0 radical (unpaired) electrons. The largest absolute Gasteiger partial charge is 0.299 e. The number of rotatable bonds is 4. The number of piperazine rings is 1. The lowest BCUT2D eigenvalue weighted by molar-refractivity contribution is -0.138. The Morgan fingerprint density at radius 1 is 0.864 bits per heavy atom. The number of carbonyl (C=O) groups excluding carboxylic acids is 2. The van der Waals surface area contributed by atoms with Crippen LogP contribution in [0.4, 0.5) is 0 Å². The normalized spacial score (nSPS) is 36.7. The molecule has 0 aromatic carbocycles. The van der Waals surface area contributed by atoms with Gasteiger partial charge in [0.2, 0.25) is 11.8 Å². The van der Waals surface area contributed by atoms with Gasteiger partial charge < -0.3 is 0 Å². The van der Waals surface area contributed by atoms with Crippen molar-refractivity contribution in [3.8, 4) is 0 Å². The maximum atomic E-state index is 11.6. The fourth-order valence-corrected chi connectivity index (χ4v) is 5.09. The standard InChI is InChI=1S/C17H27N3O2/c21-16-3-4-17(22)20(16)10-7-18-5-8-19(9-6-18)15-12-13-1-2-14(15)11-13/h13-15H,1-12H2/t13-,14+,15+/m1/s1. The lowest BCUT2D eigenvalue weighted by Crippen LogP contribution is -2.53. The summed E-state index contributed by atoms with van der Waals surface area (Å²) in [4.78, 5) is 29.9. The average Bonchev–Trinajstić information content (AvgIpc) is 3.23. The zero-order chi connectivity index (χ0) is 15.1. The molecule has 2 aliphatic heterocycles. The molecule has 2 amide bonds. The van der Waals surface area contributed by atoms with Crippen LogP contribution >= 0.6 is 0 Å². The number of likely N-dealkylation sites (tertiary alicyclic amines) is 1. The summed E-state index contributed by atoms with van der Waals surface area (Å²) in [5.74, 6) is 2.02. The summed E-state index contributed by atoms with van der Waals surface area (Å²) >= 11 is 0. The zero-order valence-electron chi connectivity index (χ0n) is 13.4. The predicted molar refractivity (Wildman–Crippen MR) is 83.2 cm³/mol. The Hall–Kier alpha value is -0.940. The molecule has 2 heterocycles. The van der Waals surface area contributed by atoms with Crippen molar-refractivity contribution in [1.29, 1.82) is 0 Å². The van der Waals surface area contributed by atoms with Crippen molar-refractivity contribution < 1.29 is 9.59 Å². The van der Waals surface area contributed by atoms with E-state index in [9.17, 15) is 9.59 Å². The van der Waals surface area contributed by atoms with E-state index in [1.165, 1.54) is 30.6 Å². The van der Waals surface area contributed by atoms with Crippen molar-refractivity contribution >= 4 is 11.8 Å². The molecule has 4 aliphatic rings. The van der Waals surface area contributed by atoms with E-state index in [0.29, 0.717) is 19.4 Å². The minimum absolute atomic E-state index is 0.0191. The molecule has 22 heavy (non-hydrogen) atoms. The molecule has 2 bridgehead atoms. The molecule has 2 saturated heterocycles. The first kappa shape index (κ1) is 14.6. The number of fused-ring (bicyclic) bond motifs is 2. The highest BCUT2D eigenvalue weighted by atomic mass is 16.2. The third-order valence-electron chi connectivity index (χ3n) is 6.37. The Labute approximate surface area is 132 Å². The van der Waals surface area contributed by atoms with Crippen LogP contribution in [0.1, 0.15) is 38.5 Å². The maximum Gasteiger partial charge on any atom is 0.229 e. The van der Waals surface area contributed by atoms with Crippen LogP contribution in [-0.2, 0) is 9.59 Å². The number of carbonyl (C=O) groups is 2. The molecule has 5 nitrogen and oxygen atoms in total. The van der Waals surface area contributed by atoms with E-state index < -0.39 is 0 Å². The Kier molecular flexibility index (Phi) is 3.95. The first-order valence-electron chi connectivity index (χ1n) is 9.00. The van der Waals surface area contributed by atoms with Gasteiger partial charge in [-0.15, -0.1) is 0 Å². The molecule has 122 valence electrons. The summed E-state index contributed by atoms with van der Waals surface area (Å²) in [6.45, 7) is 5.94. The van der Waals surface area contributed by atoms with Crippen LogP contribution in [0.5, 0.6) is 0 Å². The third-order valence-corrected chi connectivity index (χ3v) is 6.37. The molecule has 2 saturated carbocycles. The van der Waals surface area contributed by atoms with Crippen molar-refractivity contribution in [2.24, 2.45) is 11.8 Å². The summed E-state index contributed by atoms with van der Waals surface area (Å²) < 4.78 is 0. The highest BCUT2D eigenvalue weighted by Gasteiger charge is 2.42. The lowest BCUT2D eigenvalue weighted by Gasteiger charge is -2.41. The van der Waals surface area contributed by atoms with Crippen molar-refractivity contribution in [3.63, 3.8) is 0 Å². The molecular formula is C17H27N3O2. The second-order valence-corrected chi connectivity index (χ2v) is 7.56. The molecule has 5 heteroatoms. The van der Waals surface area contributed by atoms with E-state index in [2.05, 4.69) is 9.80 Å². The monoisotopic (exact) mass is 305 g/mol. The molecule has 0 unspecified atom stereocenters. The van der Waals surface area contributed by atoms with Gasteiger partial charge in [-0.25, -0.2) is 0 Å². The SMILES string of the molecule is O=C1CCC(=O)N1CCN1CCN([C@H]2C[C@@H]3CC[C@H]2C3)CC1. The Balaban J connectivity index is 1.22. The van der Waals surface area contributed by atoms with Crippen molar-refractivity contribution in [1.82, 2.24) is 14.7 Å². The van der Waals surface area contributed by atoms with Crippen LogP contribution in [-0.4, -0.2) is 71.8 Å². The second kappa shape index (κ2) is 5.93. The Morgan fingerprint density at radius 3 is 2.18 bits per heavy atom. The topological polar surface area (TPSA) is 43.9 Å². The Bertz CT molecular complexity index is 443. The number of hydrogen-bond donors (Lipinski definition) is 0. The van der Waals surface area contributed by atoms with Gasteiger partial charge in [0.15, 0.2) is 0 Å². The van der Waals surface area contributed by atoms with Crippen LogP contribution in [0, 0.1) is 11.8 Å². The van der Waals surface area contributed by atoms with E-state index in [-0.39, 0.29) is 11.8 Å². The Morgan fingerprint density at radius 2 is 1.59 bits per heavy atom. The minimum Gasteiger partial charge on any atom is -0.299 e. The molecule has 0 N–H and O–H groups in total. The molecule has 4 rings (SSSR count). The summed E-state index contributed by atoms with van der Waals surface area (Å²) in [6, 6.07) is 0.850. The van der Waals surface area contributed by atoms with Gasteiger partial charge in [0.25, 0.3) is 0 Å². The molecule has 4 fully saturated rings. The van der Waals surface area contributed by atoms with E-state index in [4.69, 9.17) is 0 Å². The van der Waals surface area contributed by atoms with E-state index in [1.54, 1.807) is 0 Å². The second-order valence-electron chi connectivity index (χ2n) is 7.56. The van der Waals surface area contributed by atoms with Gasteiger partial charge in [0, 0.05) is 58.2 Å². The van der Waals surface area contributed by atoms with Crippen molar-refractivity contribution in [2.75, 3.05) is 39.3 Å². The third kappa shape index (κ3) is 2.69. The van der Waals surface area contributed by atoms with Gasteiger partial charge in [-0.2, -0.15) is 0 Å². The fourth-order valence-electron chi connectivity index (χ4n) is 5.09. The van der Waals surface area contributed by atoms with Crippen LogP contribution in [0.3, 0.4) is 0 Å². The van der Waals surface area contributed by atoms with Crippen LogP contribution in [0.25, 0.3) is 0 Å². The summed E-state index contributed by atoms with van der Waals surface area (Å²) in [7, 11) is 0. The highest BCUT2D eigenvalue weighted by Crippen LogP contribution is 2.46. The smallest absolute Gasteiger partial charge is 0.229 e. The van der Waals surface area contributed by atoms with Crippen LogP contribution in [0.2, 0.25) is 0 Å². The van der Waals surface area contributed by atoms with Crippen molar-refractivity contribution in [3.05, 3.63) is 0 Å². The summed E-state index contributed by atoms with van der Waals surface area (Å²) in [5, 5.41) is 0. The number of nitrogens with zero attached hydrogens (tertiary/aromatic N) is 3. The average molecular weight is 305 g/mol. The zero-order valence-corrected chi connectivity index (χ0v) is 13.4. The number of amides is 2. The van der Waals surface area contributed by atoms with Gasteiger partial charge in [-0.3, -0.25) is 24.3 Å². The minimum atomic E-state index is 0.0191. The van der Waals surface area contributed by atoms with Crippen LogP contribution in [0.15, 0.2) is 0 Å². The van der Waals surface area contributed by atoms with Gasteiger partial charge in [0.1, 0.15) is 0 Å². The van der Waals surface area contributed by atoms with Gasteiger partial charge >= 0.3 is 0 Å². The fraction of sp³-hybridized carbons (Fsp3) is 0.882. The molecule has 2 aliphatic carbocycles. The molecule has 0 aromatic rings.